The highest BCUT2D eigenvalue weighted by Crippen LogP contribution is 2.38. The van der Waals surface area contributed by atoms with Gasteiger partial charge in [-0.2, -0.15) is 0 Å². The minimum Gasteiger partial charge on any atom is -0.394 e. The fourth-order valence-corrected chi connectivity index (χ4v) is 1.72. The van der Waals surface area contributed by atoms with Crippen LogP contribution in [0.2, 0.25) is 0 Å². The Labute approximate surface area is 83.0 Å². The topological polar surface area (TPSA) is 53.0 Å². The lowest BCUT2D eigenvalue weighted by Gasteiger charge is -2.21. The van der Waals surface area contributed by atoms with Crippen LogP contribution in [-0.4, -0.2) is 29.0 Å². The van der Waals surface area contributed by atoms with E-state index in [9.17, 15) is 5.11 Å². The van der Waals surface area contributed by atoms with E-state index in [1.54, 1.807) is 6.92 Å². The Morgan fingerprint density at radius 1 is 1.36 bits per heavy atom. The lowest BCUT2D eigenvalue weighted by atomic mass is 9.91. The molecule has 1 saturated heterocycles. The molecule has 0 radical (unpaired) electrons. The molecular formula is C11H14O3. The number of benzene rings is 1. The van der Waals surface area contributed by atoms with Crippen LogP contribution in [0.25, 0.3) is 0 Å². The highest BCUT2D eigenvalue weighted by atomic mass is 16.6. The van der Waals surface area contributed by atoms with E-state index in [-0.39, 0.29) is 18.8 Å². The molecule has 1 aliphatic rings. The van der Waals surface area contributed by atoms with Crippen molar-refractivity contribution in [2.45, 2.75) is 24.7 Å². The van der Waals surface area contributed by atoms with E-state index in [2.05, 4.69) is 0 Å². The normalized spacial score (nSPS) is 29.6. The van der Waals surface area contributed by atoms with Gasteiger partial charge in [-0.1, -0.05) is 30.3 Å². The fourth-order valence-electron chi connectivity index (χ4n) is 1.72. The molecule has 3 atom stereocenters. The van der Waals surface area contributed by atoms with Gasteiger partial charge in [-0.25, -0.2) is 0 Å². The van der Waals surface area contributed by atoms with Crippen LogP contribution in [0.3, 0.4) is 0 Å². The van der Waals surface area contributed by atoms with Gasteiger partial charge in [-0.15, -0.1) is 0 Å². The third-order valence-electron chi connectivity index (χ3n) is 2.67. The zero-order valence-corrected chi connectivity index (χ0v) is 8.05. The number of hydrogen-bond donors (Lipinski definition) is 2. The SMILES string of the molecule is CC(O)(c1ccccc1)C1OC1CO. The second-order valence-electron chi connectivity index (χ2n) is 3.79. The zero-order chi connectivity index (χ0) is 10.2. The van der Waals surface area contributed by atoms with Crippen molar-refractivity contribution in [1.82, 2.24) is 0 Å². The molecule has 0 aromatic heterocycles. The molecule has 0 bridgehead atoms. The average Bonchev–Trinajstić information content (AvgIpc) is 2.98. The Morgan fingerprint density at radius 3 is 2.50 bits per heavy atom. The fraction of sp³-hybridized carbons (Fsp3) is 0.455. The van der Waals surface area contributed by atoms with Gasteiger partial charge in [0, 0.05) is 0 Å². The lowest BCUT2D eigenvalue weighted by Crippen LogP contribution is -2.30. The van der Waals surface area contributed by atoms with Crippen molar-refractivity contribution in [3.8, 4) is 0 Å². The summed E-state index contributed by atoms with van der Waals surface area (Å²) in [6.07, 6.45) is -0.500. The molecule has 1 heterocycles. The van der Waals surface area contributed by atoms with Crippen molar-refractivity contribution in [3.63, 3.8) is 0 Å². The Hall–Kier alpha value is -0.900. The molecule has 3 unspecified atom stereocenters. The molecule has 3 heteroatoms. The number of ether oxygens (including phenoxy) is 1. The smallest absolute Gasteiger partial charge is 0.119 e. The van der Waals surface area contributed by atoms with E-state index < -0.39 is 5.60 Å². The standard InChI is InChI=1S/C11H14O3/c1-11(13,10-9(7-12)14-10)8-5-3-2-4-6-8/h2-6,9-10,12-13H,7H2,1H3. The van der Waals surface area contributed by atoms with Crippen LogP contribution < -0.4 is 0 Å². The van der Waals surface area contributed by atoms with E-state index in [4.69, 9.17) is 9.84 Å². The second kappa shape index (κ2) is 3.35. The van der Waals surface area contributed by atoms with Crippen LogP contribution in [-0.2, 0) is 10.3 Å². The summed E-state index contributed by atoms with van der Waals surface area (Å²) in [6.45, 7) is 1.68. The van der Waals surface area contributed by atoms with Gasteiger partial charge in [0.2, 0.25) is 0 Å². The predicted octanol–water partition coefficient (Wildman–Crippen LogP) is 0.654. The largest absolute Gasteiger partial charge is 0.394 e. The Kier molecular flexibility index (Phi) is 2.31. The van der Waals surface area contributed by atoms with Crippen LogP contribution in [0, 0.1) is 0 Å². The predicted molar refractivity (Wildman–Crippen MR) is 51.8 cm³/mol. The number of aliphatic hydroxyl groups excluding tert-OH is 1. The van der Waals surface area contributed by atoms with Crippen molar-refractivity contribution in [1.29, 1.82) is 0 Å². The first-order valence-electron chi connectivity index (χ1n) is 4.70. The van der Waals surface area contributed by atoms with Gasteiger partial charge in [0.1, 0.15) is 17.8 Å². The van der Waals surface area contributed by atoms with E-state index in [1.807, 2.05) is 30.3 Å². The summed E-state index contributed by atoms with van der Waals surface area (Å²) in [6, 6.07) is 9.36. The molecule has 2 rings (SSSR count). The molecule has 2 N–H and O–H groups in total. The number of hydrogen-bond acceptors (Lipinski definition) is 3. The summed E-state index contributed by atoms with van der Waals surface area (Å²) in [5, 5.41) is 19.0. The van der Waals surface area contributed by atoms with Gasteiger partial charge >= 0.3 is 0 Å². The molecule has 76 valence electrons. The summed E-state index contributed by atoms with van der Waals surface area (Å²) in [7, 11) is 0. The lowest BCUT2D eigenvalue weighted by molar-refractivity contribution is 0.0258. The molecule has 14 heavy (non-hydrogen) atoms. The molecule has 0 spiro atoms. The summed E-state index contributed by atoms with van der Waals surface area (Å²) in [5.41, 5.74) is -0.185. The minimum absolute atomic E-state index is 0.0341. The van der Waals surface area contributed by atoms with Crippen LogP contribution in [0.15, 0.2) is 30.3 Å². The van der Waals surface area contributed by atoms with Gasteiger partial charge in [-0.3, -0.25) is 0 Å². The number of aliphatic hydroxyl groups is 2. The molecule has 1 fully saturated rings. The van der Waals surface area contributed by atoms with E-state index in [0.717, 1.165) is 5.56 Å². The molecule has 3 nitrogen and oxygen atoms in total. The highest BCUT2D eigenvalue weighted by molar-refractivity contribution is 5.25. The summed E-state index contributed by atoms with van der Waals surface area (Å²) < 4.78 is 5.19. The van der Waals surface area contributed by atoms with Crippen LogP contribution in [0.1, 0.15) is 12.5 Å². The summed E-state index contributed by atoms with van der Waals surface area (Å²) in [5.74, 6) is 0. The summed E-state index contributed by atoms with van der Waals surface area (Å²) >= 11 is 0. The van der Waals surface area contributed by atoms with Crippen molar-refractivity contribution in [2.24, 2.45) is 0 Å². The maximum Gasteiger partial charge on any atom is 0.119 e. The maximum absolute atomic E-state index is 10.2. The monoisotopic (exact) mass is 194 g/mol. The Morgan fingerprint density at radius 2 is 2.00 bits per heavy atom. The maximum atomic E-state index is 10.2. The number of epoxide rings is 1. The third kappa shape index (κ3) is 1.54. The molecule has 1 aromatic rings. The molecule has 0 aliphatic carbocycles. The average molecular weight is 194 g/mol. The highest BCUT2D eigenvalue weighted by Gasteiger charge is 2.51. The first-order valence-corrected chi connectivity index (χ1v) is 4.70. The van der Waals surface area contributed by atoms with Crippen LogP contribution in [0.4, 0.5) is 0 Å². The molecular weight excluding hydrogens is 180 g/mol. The molecule has 0 amide bonds. The Bertz CT molecular complexity index is 308. The third-order valence-corrected chi connectivity index (χ3v) is 2.67. The first kappa shape index (κ1) is 9.65. The van der Waals surface area contributed by atoms with Gasteiger partial charge < -0.3 is 14.9 Å². The van der Waals surface area contributed by atoms with Gasteiger partial charge in [0.15, 0.2) is 0 Å². The summed E-state index contributed by atoms with van der Waals surface area (Å²) in [4.78, 5) is 0. The molecule has 1 aromatic carbocycles. The second-order valence-corrected chi connectivity index (χ2v) is 3.79. The minimum atomic E-state index is -1.01. The van der Waals surface area contributed by atoms with Gasteiger partial charge in [0.25, 0.3) is 0 Å². The Balaban J connectivity index is 2.17. The van der Waals surface area contributed by atoms with Crippen molar-refractivity contribution >= 4 is 0 Å². The quantitative estimate of drug-likeness (QED) is 0.695. The molecule has 1 aliphatic heterocycles. The van der Waals surface area contributed by atoms with Crippen molar-refractivity contribution in [3.05, 3.63) is 35.9 Å². The van der Waals surface area contributed by atoms with Crippen molar-refractivity contribution in [2.75, 3.05) is 6.61 Å². The molecule has 0 saturated carbocycles. The van der Waals surface area contributed by atoms with E-state index in [1.165, 1.54) is 0 Å². The van der Waals surface area contributed by atoms with Gasteiger partial charge in [-0.05, 0) is 12.5 Å². The zero-order valence-electron chi connectivity index (χ0n) is 8.05. The van der Waals surface area contributed by atoms with Crippen LogP contribution in [0.5, 0.6) is 0 Å². The van der Waals surface area contributed by atoms with Crippen LogP contribution >= 0.6 is 0 Å². The van der Waals surface area contributed by atoms with E-state index in [0.29, 0.717) is 0 Å². The van der Waals surface area contributed by atoms with Gasteiger partial charge in [0.05, 0.1) is 6.61 Å². The van der Waals surface area contributed by atoms with E-state index >= 15 is 0 Å². The van der Waals surface area contributed by atoms with Crippen molar-refractivity contribution < 1.29 is 14.9 Å². The first-order chi connectivity index (χ1) is 6.66. The number of rotatable bonds is 3.